The lowest BCUT2D eigenvalue weighted by molar-refractivity contribution is 0.622. The van der Waals surface area contributed by atoms with Gasteiger partial charge in [0, 0.05) is 39.8 Å². The molecule has 39 heavy (non-hydrogen) atoms. The molecular formula is C36H35NP2. The molecule has 0 aromatic heterocycles. The quantitative estimate of drug-likeness (QED) is 0.191. The highest BCUT2D eigenvalue weighted by molar-refractivity contribution is 7.83. The molecule has 0 saturated carbocycles. The maximum absolute atomic E-state index is 2.93. The number of hydrogen-bond acceptors (Lipinski definition) is 1. The fourth-order valence-electron chi connectivity index (χ4n) is 5.64. The summed E-state index contributed by atoms with van der Waals surface area (Å²) in [6.45, 7) is 3.39. The second-order valence-corrected chi connectivity index (χ2v) is 14.7. The predicted octanol–water partition coefficient (Wildman–Crippen LogP) is 8.82. The number of hydrogen-bond donors (Lipinski definition) is 0. The number of allylic oxidation sites excluding steroid dienone is 8. The molecule has 3 unspecified atom stereocenters. The molecule has 2 aliphatic rings. The summed E-state index contributed by atoms with van der Waals surface area (Å²) in [6.07, 6.45) is 18.8. The lowest BCUT2D eigenvalue weighted by Crippen LogP contribution is -2.31. The third-order valence-electron chi connectivity index (χ3n) is 7.53. The van der Waals surface area contributed by atoms with E-state index in [2.05, 4.69) is 157 Å². The number of rotatable bonds is 9. The Kier molecular flexibility index (Phi) is 8.32. The van der Waals surface area contributed by atoms with Crippen molar-refractivity contribution in [2.24, 2.45) is 11.8 Å². The molecule has 0 heterocycles. The van der Waals surface area contributed by atoms with Gasteiger partial charge in [-0.05, 0) is 33.1 Å². The first-order chi connectivity index (χ1) is 19.3. The normalized spacial score (nSPS) is 18.9. The molecule has 3 heteroatoms. The average molecular weight is 544 g/mol. The Morgan fingerprint density at radius 2 is 1.28 bits per heavy atom. The molecular weight excluding hydrogens is 508 g/mol. The van der Waals surface area contributed by atoms with E-state index >= 15 is 0 Å². The molecule has 4 aromatic rings. The van der Waals surface area contributed by atoms with Gasteiger partial charge in [0.15, 0.2) is 0 Å². The Morgan fingerprint density at radius 3 is 2.03 bits per heavy atom. The second kappa shape index (κ2) is 12.4. The monoisotopic (exact) mass is 543 g/mol. The van der Waals surface area contributed by atoms with Crippen LogP contribution in [0.3, 0.4) is 0 Å². The van der Waals surface area contributed by atoms with E-state index in [-0.39, 0.29) is 0 Å². The number of nitrogens with zero attached hydrogens (tertiary/aromatic N) is 1. The Morgan fingerprint density at radius 1 is 0.641 bits per heavy atom. The first kappa shape index (κ1) is 26.2. The minimum absolute atomic E-state index is 0.387. The molecule has 0 bridgehead atoms. The van der Waals surface area contributed by atoms with E-state index in [1.807, 2.05) is 0 Å². The Hall–Kier alpha value is -3.08. The van der Waals surface area contributed by atoms with Crippen molar-refractivity contribution >= 4 is 42.8 Å². The van der Waals surface area contributed by atoms with Crippen molar-refractivity contribution in [1.82, 2.24) is 4.44 Å². The van der Waals surface area contributed by atoms with E-state index in [1.165, 1.54) is 39.5 Å². The van der Waals surface area contributed by atoms with Crippen LogP contribution in [-0.2, 0) is 0 Å². The van der Waals surface area contributed by atoms with Crippen molar-refractivity contribution in [3.63, 3.8) is 0 Å². The van der Waals surface area contributed by atoms with E-state index in [1.54, 1.807) is 5.31 Å². The smallest absolute Gasteiger partial charge is 0.0323 e. The summed E-state index contributed by atoms with van der Waals surface area (Å²) in [6, 6.07) is 38.4. The molecule has 0 spiro atoms. The zero-order valence-electron chi connectivity index (χ0n) is 22.5. The second-order valence-electron chi connectivity index (χ2n) is 10.1. The molecule has 1 nitrogen and oxygen atoms in total. The maximum Gasteiger partial charge on any atom is 0.0323 e. The maximum atomic E-state index is 2.93. The van der Waals surface area contributed by atoms with E-state index < -0.39 is 16.1 Å². The van der Waals surface area contributed by atoms with Gasteiger partial charge in [0.1, 0.15) is 0 Å². The van der Waals surface area contributed by atoms with E-state index in [0.29, 0.717) is 11.8 Å². The van der Waals surface area contributed by atoms with Gasteiger partial charge in [-0.1, -0.05) is 159 Å². The Labute approximate surface area is 235 Å². The van der Waals surface area contributed by atoms with Crippen LogP contribution in [0.15, 0.2) is 151 Å². The minimum Gasteiger partial charge on any atom is -0.245 e. The lowest BCUT2D eigenvalue weighted by atomic mass is 9.85. The summed E-state index contributed by atoms with van der Waals surface area (Å²) in [5.74, 6) is 0.806. The van der Waals surface area contributed by atoms with Crippen LogP contribution in [-0.4, -0.2) is 11.0 Å². The summed E-state index contributed by atoms with van der Waals surface area (Å²) in [4.78, 5) is 0. The molecule has 0 aliphatic heterocycles. The third kappa shape index (κ3) is 5.50. The summed E-state index contributed by atoms with van der Waals surface area (Å²) >= 11 is 0. The minimum atomic E-state index is -0.792. The van der Waals surface area contributed by atoms with Crippen LogP contribution in [0.25, 0.3) is 10.8 Å². The van der Waals surface area contributed by atoms with E-state index in [0.717, 1.165) is 6.54 Å². The topological polar surface area (TPSA) is 3.24 Å². The van der Waals surface area contributed by atoms with E-state index in [9.17, 15) is 0 Å². The zero-order chi connectivity index (χ0) is 26.4. The largest absolute Gasteiger partial charge is 0.245 e. The first-order valence-corrected chi connectivity index (χ1v) is 16.6. The molecule has 0 fully saturated rings. The summed E-state index contributed by atoms with van der Waals surface area (Å²) < 4.78 is 2.93. The molecule has 0 saturated heterocycles. The predicted molar refractivity (Wildman–Crippen MR) is 174 cm³/mol. The lowest BCUT2D eigenvalue weighted by Gasteiger charge is -2.43. The van der Waals surface area contributed by atoms with Crippen LogP contribution < -0.4 is 15.9 Å². The molecule has 0 amide bonds. The Balaban J connectivity index is 1.60. The van der Waals surface area contributed by atoms with Crippen LogP contribution in [0.5, 0.6) is 0 Å². The molecule has 2 aliphatic carbocycles. The van der Waals surface area contributed by atoms with Gasteiger partial charge >= 0.3 is 0 Å². The number of unbranched alkanes of at least 4 members (excludes halogenated alkanes) is 1. The van der Waals surface area contributed by atoms with Crippen molar-refractivity contribution < 1.29 is 0 Å². The van der Waals surface area contributed by atoms with Crippen molar-refractivity contribution in [3.05, 3.63) is 151 Å². The molecule has 4 aromatic carbocycles. The van der Waals surface area contributed by atoms with Crippen LogP contribution in [0.1, 0.15) is 19.8 Å². The molecule has 3 atom stereocenters. The number of benzene rings is 4. The van der Waals surface area contributed by atoms with Gasteiger partial charge in [-0.2, -0.15) is 0 Å². The molecule has 0 N–H and O–H groups in total. The summed E-state index contributed by atoms with van der Waals surface area (Å²) in [5, 5.41) is 8.58. The first-order valence-electron chi connectivity index (χ1n) is 14.0. The van der Waals surface area contributed by atoms with Gasteiger partial charge in [0.2, 0.25) is 0 Å². The van der Waals surface area contributed by atoms with Crippen molar-refractivity contribution in [2.75, 3.05) is 6.54 Å². The fourth-order valence-corrected chi connectivity index (χ4v) is 12.2. The van der Waals surface area contributed by atoms with Gasteiger partial charge in [-0.15, -0.1) is 0 Å². The van der Waals surface area contributed by atoms with Crippen LogP contribution in [0.4, 0.5) is 0 Å². The van der Waals surface area contributed by atoms with Crippen LogP contribution >= 0.6 is 16.1 Å². The van der Waals surface area contributed by atoms with Crippen molar-refractivity contribution in [3.8, 4) is 0 Å². The number of fused-ring (bicyclic) bond motifs is 2. The van der Waals surface area contributed by atoms with Gasteiger partial charge in [-0.3, -0.25) is 0 Å². The zero-order valence-corrected chi connectivity index (χ0v) is 24.3. The van der Waals surface area contributed by atoms with Crippen molar-refractivity contribution in [1.29, 1.82) is 0 Å². The highest BCUT2D eigenvalue weighted by Gasteiger charge is 2.37. The van der Waals surface area contributed by atoms with Crippen LogP contribution in [0.2, 0.25) is 0 Å². The van der Waals surface area contributed by atoms with Gasteiger partial charge in [0.05, 0.1) is 0 Å². The van der Waals surface area contributed by atoms with Gasteiger partial charge in [-0.25, -0.2) is 4.44 Å². The molecule has 194 valence electrons. The highest BCUT2D eigenvalue weighted by Crippen LogP contribution is 2.63. The fraction of sp³-hybridized carbons (Fsp3) is 0.167. The van der Waals surface area contributed by atoms with Gasteiger partial charge < -0.3 is 0 Å². The standard InChI is InChI=1S/C36H35NP2/c1-2-3-28-37(38(31-20-6-4-7-21-31)32-22-8-5-9-23-32)39(35-26-14-18-29-16-10-12-24-33(29)35)36-27-15-19-30-17-11-13-25-34(30)36/h4-27,29,33H,2-3,28H2,1H3. The van der Waals surface area contributed by atoms with Crippen molar-refractivity contribution in [2.45, 2.75) is 19.8 Å². The molecule has 0 radical (unpaired) electrons. The highest BCUT2D eigenvalue weighted by atomic mass is 31.2. The van der Waals surface area contributed by atoms with E-state index in [4.69, 9.17) is 0 Å². The summed E-state index contributed by atoms with van der Waals surface area (Å²) in [7, 11) is -1.53. The van der Waals surface area contributed by atoms with Gasteiger partial charge in [0.25, 0.3) is 0 Å². The average Bonchev–Trinajstić information content (AvgIpc) is 3.01. The molecule has 6 rings (SSSR count). The van der Waals surface area contributed by atoms with Crippen LogP contribution in [0, 0.1) is 11.8 Å². The summed E-state index contributed by atoms with van der Waals surface area (Å²) in [5.41, 5.74) is 0. The Bertz CT molecular complexity index is 1480. The SMILES string of the molecule is CCCCN(P(C1=CC=CC2C=CC=CC12)c1cccc2ccccc12)P(c1ccccc1)c1ccccc1. The third-order valence-corrected chi connectivity index (χ3v) is 13.3.